The van der Waals surface area contributed by atoms with Gasteiger partial charge in [0.15, 0.2) is 0 Å². The smallest absolute Gasteiger partial charge is 0.323 e. The molecule has 0 aliphatic carbocycles. The first-order valence-electron chi connectivity index (χ1n) is 5.36. The lowest BCUT2D eigenvalue weighted by molar-refractivity contribution is 0.219. The summed E-state index contributed by atoms with van der Waals surface area (Å²) >= 11 is 4.87. The van der Waals surface area contributed by atoms with Gasteiger partial charge in [-0.3, -0.25) is 4.90 Å². The SMILES string of the molecule is CCN(C)C(=O)N(C)c1ccc(C(N)=S)cc1. The predicted molar refractivity (Wildman–Crippen MR) is 74.4 cm³/mol. The molecule has 0 unspecified atom stereocenters. The summed E-state index contributed by atoms with van der Waals surface area (Å²) in [5, 5.41) is 0. The number of hydrogen-bond donors (Lipinski definition) is 1. The first-order valence-corrected chi connectivity index (χ1v) is 5.77. The number of urea groups is 1. The third-order valence-electron chi connectivity index (χ3n) is 2.63. The van der Waals surface area contributed by atoms with E-state index in [9.17, 15) is 4.79 Å². The fourth-order valence-corrected chi connectivity index (χ4v) is 1.49. The lowest BCUT2D eigenvalue weighted by Gasteiger charge is -2.24. The van der Waals surface area contributed by atoms with E-state index in [2.05, 4.69) is 0 Å². The number of nitrogens with zero attached hydrogens (tertiary/aromatic N) is 2. The normalized spacial score (nSPS) is 9.82. The van der Waals surface area contributed by atoms with Crippen molar-refractivity contribution in [2.24, 2.45) is 5.73 Å². The van der Waals surface area contributed by atoms with E-state index in [0.717, 1.165) is 11.3 Å². The molecule has 92 valence electrons. The van der Waals surface area contributed by atoms with E-state index in [4.69, 9.17) is 18.0 Å². The molecule has 17 heavy (non-hydrogen) atoms. The molecule has 0 radical (unpaired) electrons. The summed E-state index contributed by atoms with van der Waals surface area (Å²) in [5.41, 5.74) is 7.13. The summed E-state index contributed by atoms with van der Waals surface area (Å²) < 4.78 is 0. The van der Waals surface area contributed by atoms with Gasteiger partial charge in [-0.2, -0.15) is 0 Å². The average molecular weight is 251 g/mol. The van der Waals surface area contributed by atoms with Gasteiger partial charge in [0.1, 0.15) is 4.99 Å². The van der Waals surface area contributed by atoms with Gasteiger partial charge in [0.05, 0.1) is 0 Å². The van der Waals surface area contributed by atoms with Crippen LogP contribution in [0, 0.1) is 0 Å². The fraction of sp³-hybridized carbons (Fsp3) is 0.333. The second-order valence-electron chi connectivity index (χ2n) is 3.77. The van der Waals surface area contributed by atoms with Crippen molar-refractivity contribution in [3.8, 4) is 0 Å². The molecule has 0 saturated carbocycles. The first-order chi connectivity index (χ1) is 7.97. The summed E-state index contributed by atoms with van der Waals surface area (Å²) in [7, 11) is 3.51. The Kier molecular flexibility index (Phi) is 4.45. The predicted octanol–water partition coefficient (Wildman–Crippen LogP) is 1.83. The molecule has 0 fully saturated rings. The van der Waals surface area contributed by atoms with E-state index in [-0.39, 0.29) is 6.03 Å². The van der Waals surface area contributed by atoms with Crippen molar-refractivity contribution in [1.29, 1.82) is 0 Å². The Hall–Kier alpha value is -1.62. The number of rotatable bonds is 3. The van der Waals surface area contributed by atoms with Gasteiger partial charge in [-0.1, -0.05) is 12.2 Å². The van der Waals surface area contributed by atoms with E-state index in [1.54, 1.807) is 23.9 Å². The molecule has 0 aliphatic rings. The molecule has 5 heteroatoms. The van der Waals surface area contributed by atoms with E-state index in [0.29, 0.717) is 11.5 Å². The van der Waals surface area contributed by atoms with Crippen LogP contribution >= 0.6 is 12.2 Å². The summed E-state index contributed by atoms with van der Waals surface area (Å²) in [6.45, 7) is 2.61. The van der Waals surface area contributed by atoms with Crippen LogP contribution in [0.15, 0.2) is 24.3 Å². The standard InChI is InChI=1S/C12H17N3OS/c1-4-14(2)12(16)15(3)10-7-5-9(6-8-10)11(13)17/h5-8H,4H2,1-3H3,(H2,13,17). The lowest BCUT2D eigenvalue weighted by Crippen LogP contribution is -2.38. The Morgan fingerprint density at radius 1 is 1.29 bits per heavy atom. The minimum Gasteiger partial charge on any atom is -0.389 e. The number of thiocarbonyl (C=S) groups is 1. The van der Waals surface area contributed by atoms with Crippen molar-refractivity contribution in [2.45, 2.75) is 6.92 Å². The molecule has 2 amide bonds. The zero-order valence-corrected chi connectivity index (χ0v) is 11.1. The number of hydrogen-bond acceptors (Lipinski definition) is 2. The molecule has 0 bridgehead atoms. The summed E-state index contributed by atoms with van der Waals surface area (Å²) in [6.07, 6.45) is 0. The van der Waals surface area contributed by atoms with Crippen LogP contribution in [-0.4, -0.2) is 36.6 Å². The van der Waals surface area contributed by atoms with Gasteiger partial charge in [0, 0.05) is 31.9 Å². The van der Waals surface area contributed by atoms with Crippen LogP contribution in [-0.2, 0) is 0 Å². The van der Waals surface area contributed by atoms with Crippen LogP contribution in [0.5, 0.6) is 0 Å². The Balaban J connectivity index is 2.86. The summed E-state index contributed by atoms with van der Waals surface area (Å²) in [6, 6.07) is 7.24. The van der Waals surface area contributed by atoms with Crippen LogP contribution in [0.1, 0.15) is 12.5 Å². The highest BCUT2D eigenvalue weighted by Crippen LogP contribution is 2.15. The molecule has 0 aliphatic heterocycles. The molecule has 1 aromatic carbocycles. The van der Waals surface area contributed by atoms with Crippen molar-refractivity contribution in [3.05, 3.63) is 29.8 Å². The van der Waals surface area contributed by atoms with Gasteiger partial charge in [-0.05, 0) is 31.2 Å². The van der Waals surface area contributed by atoms with E-state index in [1.807, 2.05) is 31.2 Å². The highest BCUT2D eigenvalue weighted by molar-refractivity contribution is 7.80. The summed E-state index contributed by atoms with van der Waals surface area (Å²) in [4.78, 5) is 15.5. The molecular formula is C12H17N3OS. The van der Waals surface area contributed by atoms with Crippen molar-refractivity contribution < 1.29 is 4.79 Å². The molecule has 2 N–H and O–H groups in total. The molecular weight excluding hydrogens is 234 g/mol. The molecule has 0 spiro atoms. The minimum atomic E-state index is -0.0458. The van der Waals surface area contributed by atoms with Crippen molar-refractivity contribution in [3.63, 3.8) is 0 Å². The lowest BCUT2D eigenvalue weighted by atomic mass is 10.2. The largest absolute Gasteiger partial charge is 0.389 e. The van der Waals surface area contributed by atoms with Crippen LogP contribution in [0.2, 0.25) is 0 Å². The second-order valence-corrected chi connectivity index (χ2v) is 4.21. The zero-order valence-electron chi connectivity index (χ0n) is 10.3. The van der Waals surface area contributed by atoms with E-state index < -0.39 is 0 Å². The highest BCUT2D eigenvalue weighted by Gasteiger charge is 2.14. The molecule has 1 aromatic rings. The van der Waals surface area contributed by atoms with E-state index in [1.165, 1.54) is 0 Å². The van der Waals surface area contributed by atoms with Crippen molar-refractivity contribution >= 4 is 28.9 Å². The van der Waals surface area contributed by atoms with Crippen LogP contribution in [0.4, 0.5) is 10.5 Å². The Morgan fingerprint density at radius 2 is 1.82 bits per heavy atom. The Morgan fingerprint density at radius 3 is 2.24 bits per heavy atom. The van der Waals surface area contributed by atoms with Crippen molar-refractivity contribution in [2.75, 3.05) is 25.5 Å². The van der Waals surface area contributed by atoms with Gasteiger partial charge in [0.2, 0.25) is 0 Å². The molecule has 1 rings (SSSR count). The van der Waals surface area contributed by atoms with Crippen LogP contribution in [0.25, 0.3) is 0 Å². The quantitative estimate of drug-likeness (QED) is 0.834. The van der Waals surface area contributed by atoms with Gasteiger partial charge in [0.25, 0.3) is 0 Å². The van der Waals surface area contributed by atoms with Gasteiger partial charge in [-0.25, -0.2) is 4.79 Å². The second kappa shape index (κ2) is 5.63. The fourth-order valence-electron chi connectivity index (χ4n) is 1.35. The number of anilines is 1. The monoisotopic (exact) mass is 251 g/mol. The van der Waals surface area contributed by atoms with E-state index >= 15 is 0 Å². The third-order valence-corrected chi connectivity index (χ3v) is 2.86. The van der Waals surface area contributed by atoms with Gasteiger partial charge in [-0.15, -0.1) is 0 Å². The molecule has 0 heterocycles. The molecule has 0 atom stereocenters. The topological polar surface area (TPSA) is 49.6 Å². The third kappa shape index (κ3) is 3.17. The average Bonchev–Trinajstić information content (AvgIpc) is 2.36. The number of carbonyl (C=O) groups is 1. The maximum Gasteiger partial charge on any atom is 0.323 e. The maximum absolute atomic E-state index is 11.9. The summed E-state index contributed by atoms with van der Waals surface area (Å²) in [5.74, 6) is 0. The Bertz CT molecular complexity index is 416. The van der Waals surface area contributed by atoms with Gasteiger partial charge >= 0.3 is 6.03 Å². The number of carbonyl (C=O) groups excluding carboxylic acids is 1. The first kappa shape index (κ1) is 13.4. The Labute approximate surface area is 107 Å². The maximum atomic E-state index is 11.9. The zero-order chi connectivity index (χ0) is 13.0. The van der Waals surface area contributed by atoms with Crippen molar-refractivity contribution in [1.82, 2.24) is 4.90 Å². The number of benzene rings is 1. The van der Waals surface area contributed by atoms with Crippen LogP contribution in [0.3, 0.4) is 0 Å². The molecule has 0 aromatic heterocycles. The highest BCUT2D eigenvalue weighted by atomic mass is 32.1. The number of amides is 2. The number of nitrogens with two attached hydrogens (primary N) is 1. The molecule has 0 saturated heterocycles. The van der Waals surface area contributed by atoms with Crippen LogP contribution < -0.4 is 10.6 Å². The minimum absolute atomic E-state index is 0.0458. The van der Waals surface area contributed by atoms with Gasteiger partial charge < -0.3 is 10.6 Å². The molecule has 4 nitrogen and oxygen atoms in total.